The van der Waals surface area contributed by atoms with Crippen molar-refractivity contribution in [1.82, 2.24) is 14.8 Å². The van der Waals surface area contributed by atoms with E-state index in [1.54, 1.807) is 42.5 Å². The van der Waals surface area contributed by atoms with Crippen LogP contribution < -0.4 is 5.32 Å². The van der Waals surface area contributed by atoms with Gasteiger partial charge in [0, 0.05) is 28.4 Å². The van der Waals surface area contributed by atoms with E-state index in [0.29, 0.717) is 16.7 Å². The van der Waals surface area contributed by atoms with Crippen molar-refractivity contribution in [2.75, 3.05) is 6.54 Å². The summed E-state index contributed by atoms with van der Waals surface area (Å²) in [4.78, 5) is 41.2. The Kier molecular flexibility index (Phi) is 5.91. The summed E-state index contributed by atoms with van der Waals surface area (Å²) >= 11 is 1.70. The van der Waals surface area contributed by atoms with Gasteiger partial charge in [0.05, 0.1) is 18.2 Å². The fraction of sp³-hybridized carbons (Fsp3) is 0.280. The van der Waals surface area contributed by atoms with Crippen LogP contribution in [0.2, 0.25) is 0 Å². The standard InChI is InChI=1S/C25H24N4O3S/c1-16-13-21(17(2)28(16)11-10-20-5-4-12-33-20)22(30)15-29-23(31)25(3,27-24(29)32)19-8-6-18(14-26)7-9-19/h4-9,12-13H,10-11,15H2,1-3H3,(H,27,32). The summed E-state index contributed by atoms with van der Waals surface area (Å²) in [5, 5.41) is 13.7. The highest BCUT2D eigenvalue weighted by molar-refractivity contribution is 7.09. The summed E-state index contributed by atoms with van der Waals surface area (Å²) in [6.45, 7) is 5.88. The number of hydrogen-bond acceptors (Lipinski definition) is 5. The highest BCUT2D eigenvalue weighted by atomic mass is 32.1. The maximum atomic E-state index is 13.2. The number of nitrogens with one attached hydrogen (secondary N) is 1. The lowest BCUT2D eigenvalue weighted by atomic mass is 9.91. The lowest BCUT2D eigenvalue weighted by molar-refractivity contribution is -0.130. The predicted octanol–water partition coefficient (Wildman–Crippen LogP) is 3.93. The van der Waals surface area contributed by atoms with Gasteiger partial charge in [0.25, 0.3) is 5.91 Å². The molecule has 4 rings (SSSR count). The molecule has 1 unspecified atom stereocenters. The fourth-order valence-electron chi connectivity index (χ4n) is 4.25. The maximum absolute atomic E-state index is 13.2. The number of carbonyl (C=O) groups excluding carboxylic acids is 3. The van der Waals surface area contributed by atoms with Gasteiger partial charge in [0.15, 0.2) is 5.78 Å². The van der Waals surface area contributed by atoms with Crippen molar-refractivity contribution in [3.05, 3.63) is 80.8 Å². The van der Waals surface area contributed by atoms with Gasteiger partial charge in [0.1, 0.15) is 5.54 Å². The Hall–Kier alpha value is -3.70. The van der Waals surface area contributed by atoms with E-state index in [4.69, 9.17) is 5.26 Å². The minimum absolute atomic E-state index is 0.280. The molecule has 0 saturated carbocycles. The summed E-state index contributed by atoms with van der Waals surface area (Å²) < 4.78 is 2.10. The maximum Gasteiger partial charge on any atom is 0.325 e. The third-order valence-corrected chi connectivity index (χ3v) is 7.14. The number of aromatic nitrogens is 1. The van der Waals surface area contributed by atoms with Crippen LogP contribution in [-0.4, -0.2) is 33.7 Å². The van der Waals surface area contributed by atoms with Gasteiger partial charge in [-0.15, -0.1) is 11.3 Å². The number of amides is 3. The van der Waals surface area contributed by atoms with Gasteiger partial charge in [-0.25, -0.2) is 4.79 Å². The largest absolute Gasteiger partial charge is 0.348 e. The molecule has 8 heteroatoms. The van der Waals surface area contributed by atoms with Crippen LogP contribution in [0.25, 0.3) is 0 Å². The number of rotatable bonds is 7. The van der Waals surface area contributed by atoms with Gasteiger partial charge in [-0.2, -0.15) is 5.26 Å². The van der Waals surface area contributed by atoms with Crippen LogP contribution in [0.1, 0.15) is 44.7 Å². The Morgan fingerprint density at radius 3 is 2.55 bits per heavy atom. The number of nitrogens with zero attached hydrogens (tertiary/aromatic N) is 3. The zero-order valence-electron chi connectivity index (χ0n) is 18.7. The molecule has 1 fully saturated rings. The van der Waals surface area contributed by atoms with Gasteiger partial charge < -0.3 is 9.88 Å². The average molecular weight is 461 g/mol. The predicted molar refractivity (Wildman–Crippen MR) is 125 cm³/mol. The lowest BCUT2D eigenvalue weighted by Crippen LogP contribution is -2.41. The van der Waals surface area contributed by atoms with Crippen molar-refractivity contribution in [2.24, 2.45) is 0 Å². The molecule has 0 radical (unpaired) electrons. The number of hydrogen-bond donors (Lipinski definition) is 1. The van der Waals surface area contributed by atoms with Crippen molar-refractivity contribution in [3.63, 3.8) is 0 Å². The molecule has 0 spiro atoms. The SMILES string of the molecule is Cc1cc(C(=O)CN2C(=O)NC(C)(c3ccc(C#N)cc3)C2=O)c(C)n1CCc1cccs1. The number of aryl methyl sites for hydroxylation is 2. The highest BCUT2D eigenvalue weighted by Crippen LogP contribution is 2.29. The van der Waals surface area contributed by atoms with E-state index in [2.05, 4.69) is 16.0 Å². The van der Waals surface area contributed by atoms with Crippen LogP contribution in [0.3, 0.4) is 0 Å². The molecule has 1 aliphatic heterocycles. The molecule has 1 aliphatic rings. The number of Topliss-reactive ketones (excluding diaryl/α,β-unsaturated/α-hetero) is 1. The lowest BCUT2D eigenvalue weighted by Gasteiger charge is -2.22. The number of benzene rings is 1. The Balaban J connectivity index is 1.51. The molecule has 3 heterocycles. The Morgan fingerprint density at radius 1 is 1.18 bits per heavy atom. The topological polar surface area (TPSA) is 95.2 Å². The molecule has 0 aliphatic carbocycles. The molecule has 1 atom stereocenters. The summed E-state index contributed by atoms with van der Waals surface area (Å²) in [6.07, 6.45) is 0.873. The van der Waals surface area contributed by atoms with Crippen LogP contribution in [0.5, 0.6) is 0 Å². The second kappa shape index (κ2) is 8.68. The number of urea groups is 1. The van der Waals surface area contributed by atoms with Crippen molar-refractivity contribution >= 4 is 29.1 Å². The third kappa shape index (κ3) is 4.08. The molecule has 0 bridgehead atoms. The zero-order chi connectivity index (χ0) is 23.8. The van der Waals surface area contributed by atoms with Crippen molar-refractivity contribution < 1.29 is 14.4 Å². The van der Waals surface area contributed by atoms with Crippen molar-refractivity contribution in [1.29, 1.82) is 5.26 Å². The third-order valence-electron chi connectivity index (χ3n) is 6.20. The molecule has 1 N–H and O–H groups in total. The van der Waals surface area contributed by atoms with Crippen LogP contribution >= 0.6 is 11.3 Å². The van der Waals surface area contributed by atoms with Crippen molar-refractivity contribution in [2.45, 2.75) is 39.3 Å². The first-order valence-electron chi connectivity index (χ1n) is 10.6. The van der Waals surface area contributed by atoms with Gasteiger partial charge >= 0.3 is 6.03 Å². The monoisotopic (exact) mass is 460 g/mol. The Labute approximate surface area is 196 Å². The molecule has 2 aromatic heterocycles. The van der Waals surface area contributed by atoms with E-state index < -0.39 is 17.5 Å². The fourth-order valence-corrected chi connectivity index (χ4v) is 4.95. The normalized spacial score (nSPS) is 17.8. The van der Waals surface area contributed by atoms with Crippen LogP contribution in [0.4, 0.5) is 4.79 Å². The van der Waals surface area contributed by atoms with E-state index in [1.807, 2.05) is 37.4 Å². The van der Waals surface area contributed by atoms with Gasteiger partial charge in [0.2, 0.25) is 0 Å². The smallest absolute Gasteiger partial charge is 0.325 e. The molecule has 3 aromatic rings. The molecule has 1 saturated heterocycles. The zero-order valence-corrected chi connectivity index (χ0v) is 19.5. The number of imide groups is 1. The Morgan fingerprint density at radius 2 is 1.91 bits per heavy atom. The molecule has 33 heavy (non-hydrogen) atoms. The summed E-state index contributed by atoms with van der Waals surface area (Å²) in [6, 6.07) is 13.8. The van der Waals surface area contributed by atoms with E-state index >= 15 is 0 Å². The summed E-state index contributed by atoms with van der Waals surface area (Å²) in [7, 11) is 0. The molecular weight excluding hydrogens is 436 g/mol. The highest BCUT2D eigenvalue weighted by Gasteiger charge is 2.49. The van der Waals surface area contributed by atoms with E-state index in [-0.39, 0.29) is 12.3 Å². The van der Waals surface area contributed by atoms with Gasteiger partial charge in [-0.05, 0) is 62.4 Å². The molecule has 3 amide bonds. The van der Waals surface area contributed by atoms with E-state index in [1.165, 1.54) is 4.88 Å². The first kappa shape index (κ1) is 22.5. The number of nitriles is 1. The molecule has 7 nitrogen and oxygen atoms in total. The molecular formula is C25H24N4O3S. The molecule has 168 valence electrons. The quantitative estimate of drug-likeness (QED) is 0.427. The van der Waals surface area contributed by atoms with Crippen LogP contribution in [0, 0.1) is 25.2 Å². The van der Waals surface area contributed by atoms with Gasteiger partial charge in [-0.1, -0.05) is 18.2 Å². The average Bonchev–Trinajstić information content (AvgIpc) is 3.48. The van der Waals surface area contributed by atoms with E-state index in [0.717, 1.165) is 29.3 Å². The summed E-state index contributed by atoms with van der Waals surface area (Å²) in [5.74, 6) is -0.768. The number of ketones is 1. The minimum atomic E-state index is -1.29. The first-order chi connectivity index (χ1) is 15.7. The summed E-state index contributed by atoms with van der Waals surface area (Å²) in [5.41, 5.74) is 2.04. The number of carbonyl (C=O) groups is 3. The second-order valence-electron chi connectivity index (χ2n) is 8.32. The molecule has 1 aromatic carbocycles. The van der Waals surface area contributed by atoms with E-state index in [9.17, 15) is 14.4 Å². The van der Waals surface area contributed by atoms with Gasteiger partial charge in [-0.3, -0.25) is 14.5 Å². The second-order valence-corrected chi connectivity index (χ2v) is 9.36. The first-order valence-corrected chi connectivity index (χ1v) is 11.5. The number of thiophene rings is 1. The van der Waals surface area contributed by atoms with Crippen LogP contribution in [0.15, 0.2) is 47.8 Å². The van der Waals surface area contributed by atoms with Crippen molar-refractivity contribution in [3.8, 4) is 6.07 Å². The van der Waals surface area contributed by atoms with Crippen LogP contribution in [-0.2, 0) is 23.3 Å². The Bertz CT molecular complexity index is 1270. The minimum Gasteiger partial charge on any atom is -0.348 e.